The highest BCUT2D eigenvalue weighted by Gasteiger charge is 2.38. The number of pyridine rings is 1. The standard InChI is InChI=1S/C30H26BBrN4O/c1-3-15-31-35(30-17-21(2)14-16-33-30)28-19-25(37-24-11-7-10-23(32)18-24)12-13-26(28)29-20-27(34-36(29)31)22-8-5-4-6-9-22/h4-14,16-20H,3,15H2,1-2H3. The quantitative estimate of drug-likeness (QED) is 0.200. The molecule has 7 heteroatoms. The highest BCUT2D eigenvalue weighted by atomic mass is 79.9. The Balaban J connectivity index is 1.53. The van der Waals surface area contributed by atoms with Crippen LogP contribution in [0, 0.1) is 6.92 Å². The highest BCUT2D eigenvalue weighted by Crippen LogP contribution is 2.44. The summed E-state index contributed by atoms with van der Waals surface area (Å²) in [4.78, 5) is 7.11. The van der Waals surface area contributed by atoms with E-state index in [0.717, 1.165) is 62.7 Å². The molecule has 182 valence electrons. The summed E-state index contributed by atoms with van der Waals surface area (Å²) in [5, 5.41) is 5.13. The topological polar surface area (TPSA) is 43.2 Å². The maximum Gasteiger partial charge on any atom is 0.404 e. The van der Waals surface area contributed by atoms with Crippen LogP contribution in [0.1, 0.15) is 18.9 Å². The number of benzene rings is 3. The summed E-state index contributed by atoms with van der Waals surface area (Å²) in [7, 11) is 0. The van der Waals surface area contributed by atoms with E-state index in [1.807, 2.05) is 48.7 Å². The minimum atomic E-state index is -0.0135. The summed E-state index contributed by atoms with van der Waals surface area (Å²) in [6.07, 6.45) is 3.81. The summed E-state index contributed by atoms with van der Waals surface area (Å²) < 4.78 is 9.45. The van der Waals surface area contributed by atoms with Gasteiger partial charge in [-0.2, -0.15) is 5.10 Å². The molecule has 2 aromatic heterocycles. The van der Waals surface area contributed by atoms with Crippen molar-refractivity contribution in [3.8, 4) is 34.0 Å². The second kappa shape index (κ2) is 9.90. The molecule has 0 saturated heterocycles. The Labute approximate surface area is 226 Å². The molecule has 0 radical (unpaired) electrons. The Morgan fingerprint density at radius 2 is 1.73 bits per heavy atom. The second-order valence-electron chi connectivity index (χ2n) is 9.29. The average Bonchev–Trinajstić information content (AvgIpc) is 3.35. The molecule has 0 N–H and O–H groups in total. The molecule has 37 heavy (non-hydrogen) atoms. The smallest absolute Gasteiger partial charge is 0.404 e. The molecule has 3 aromatic carbocycles. The summed E-state index contributed by atoms with van der Waals surface area (Å²) in [5.41, 5.74) is 6.51. The lowest BCUT2D eigenvalue weighted by atomic mass is 9.66. The van der Waals surface area contributed by atoms with Gasteiger partial charge >= 0.3 is 6.98 Å². The lowest BCUT2D eigenvalue weighted by Crippen LogP contribution is -2.46. The van der Waals surface area contributed by atoms with Gasteiger partial charge in [-0.1, -0.05) is 65.7 Å². The molecule has 3 heterocycles. The summed E-state index contributed by atoms with van der Waals surface area (Å²) >= 11 is 3.54. The fraction of sp³-hybridized carbons (Fsp3) is 0.133. The molecule has 1 aliphatic heterocycles. The Morgan fingerprint density at radius 3 is 2.51 bits per heavy atom. The monoisotopic (exact) mass is 548 g/mol. The van der Waals surface area contributed by atoms with E-state index in [0.29, 0.717) is 0 Å². The molecule has 0 unspecified atom stereocenters. The van der Waals surface area contributed by atoms with Gasteiger partial charge in [0, 0.05) is 33.6 Å². The van der Waals surface area contributed by atoms with Gasteiger partial charge in [0.05, 0.1) is 11.4 Å². The number of ether oxygens (including phenoxy) is 1. The number of hydrogen-bond acceptors (Lipinski definition) is 4. The molecule has 1 aliphatic rings. The Bertz CT molecular complexity index is 1570. The van der Waals surface area contributed by atoms with Crippen LogP contribution in [0.5, 0.6) is 11.5 Å². The first-order valence-corrected chi connectivity index (χ1v) is 13.3. The maximum atomic E-state index is 6.29. The van der Waals surface area contributed by atoms with Crippen LogP contribution in [0.3, 0.4) is 0 Å². The van der Waals surface area contributed by atoms with Crippen molar-refractivity contribution in [2.24, 2.45) is 0 Å². The van der Waals surface area contributed by atoms with Crippen molar-refractivity contribution >= 4 is 34.4 Å². The van der Waals surface area contributed by atoms with E-state index in [9.17, 15) is 0 Å². The van der Waals surface area contributed by atoms with E-state index in [2.05, 4.69) is 87.7 Å². The molecule has 0 bridgehead atoms. The van der Waals surface area contributed by atoms with E-state index in [1.165, 1.54) is 5.56 Å². The number of halogens is 1. The van der Waals surface area contributed by atoms with Crippen LogP contribution in [0.4, 0.5) is 11.5 Å². The fourth-order valence-electron chi connectivity index (χ4n) is 4.94. The predicted octanol–water partition coefficient (Wildman–Crippen LogP) is 8.37. The number of aryl methyl sites for hydroxylation is 1. The summed E-state index contributed by atoms with van der Waals surface area (Å²) in [6, 6.07) is 30.9. The van der Waals surface area contributed by atoms with E-state index >= 15 is 0 Å². The first-order chi connectivity index (χ1) is 18.1. The van der Waals surface area contributed by atoms with Gasteiger partial charge in [-0.15, -0.1) is 0 Å². The van der Waals surface area contributed by atoms with Crippen LogP contribution in [0.15, 0.2) is 102 Å². The van der Waals surface area contributed by atoms with Crippen LogP contribution in [0.2, 0.25) is 6.32 Å². The van der Waals surface area contributed by atoms with Crippen molar-refractivity contribution in [3.05, 3.63) is 107 Å². The minimum absolute atomic E-state index is 0.0135. The molecule has 0 aliphatic carbocycles. The molecule has 0 fully saturated rings. The lowest BCUT2D eigenvalue weighted by Gasteiger charge is -2.37. The van der Waals surface area contributed by atoms with Crippen LogP contribution >= 0.6 is 15.9 Å². The molecule has 0 spiro atoms. The van der Waals surface area contributed by atoms with Gasteiger partial charge in [-0.05, 0) is 67.3 Å². The molecular weight excluding hydrogens is 523 g/mol. The van der Waals surface area contributed by atoms with Gasteiger partial charge in [0.1, 0.15) is 17.3 Å². The summed E-state index contributed by atoms with van der Waals surface area (Å²) in [6.45, 7) is 4.30. The van der Waals surface area contributed by atoms with Crippen molar-refractivity contribution in [1.29, 1.82) is 0 Å². The Morgan fingerprint density at radius 1 is 0.892 bits per heavy atom. The molecule has 5 aromatic rings. The van der Waals surface area contributed by atoms with E-state index in [1.54, 1.807) is 0 Å². The van der Waals surface area contributed by atoms with Crippen LogP contribution in [0.25, 0.3) is 22.5 Å². The zero-order valence-electron chi connectivity index (χ0n) is 20.8. The summed E-state index contributed by atoms with van der Waals surface area (Å²) in [5.74, 6) is 2.47. The highest BCUT2D eigenvalue weighted by molar-refractivity contribution is 9.10. The number of rotatable bonds is 6. The molecular formula is C30H26BBrN4O. The van der Waals surface area contributed by atoms with Crippen molar-refractivity contribution in [1.82, 2.24) is 14.7 Å². The normalized spacial score (nSPS) is 12.3. The fourth-order valence-corrected chi connectivity index (χ4v) is 5.32. The molecule has 0 saturated carbocycles. The van der Waals surface area contributed by atoms with Gasteiger partial charge in [0.25, 0.3) is 0 Å². The van der Waals surface area contributed by atoms with Gasteiger partial charge in [0.15, 0.2) is 0 Å². The average molecular weight is 549 g/mol. The number of nitrogens with zero attached hydrogens (tertiary/aromatic N) is 4. The molecule has 0 amide bonds. The van der Waals surface area contributed by atoms with E-state index < -0.39 is 0 Å². The zero-order valence-corrected chi connectivity index (χ0v) is 22.4. The lowest BCUT2D eigenvalue weighted by molar-refractivity contribution is 0.482. The zero-order chi connectivity index (χ0) is 25.4. The maximum absolute atomic E-state index is 6.29. The third kappa shape index (κ3) is 4.55. The van der Waals surface area contributed by atoms with Gasteiger partial charge in [-0.3, -0.25) is 4.59 Å². The van der Waals surface area contributed by atoms with Crippen molar-refractivity contribution in [2.45, 2.75) is 26.6 Å². The van der Waals surface area contributed by atoms with Crippen LogP contribution < -0.4 is 9.55 Å². The van der Waals surface area contributed by atoms with Gasteiger partial charge in [-0.25, -0.2) is 4.98 Å². The number of fused-ring (bicyclic) bond motifs is 3. The third-order valence-electron chi connectivity index (χ3n) is 6.62. The van der Waals surface area contributed by atoms with Gasteiger partial charge in [0.2, 0.25) is 0 Å². The minimum Gasteiger partial charge on any atom is -0.457 e. The SMILES string of the molecule is CCCB1N(c2cc(C)ccn2)c2cc(Oc3cccc(Br)c3)ccc2-c2cc(-c3ccccc3)nn21. The number of anilines is 2. The van der Waals surface area contributed by atoms with Crippen molar-refractivity contribution in [2.75, 3.05) is 4.81 Å². The van der Waals surface area contributed by atoms with Crippen molar-refractivity contribution < 1.29 is 4.74 Å². The predicted molar refractivity (Wildman–Crippen MR) is 155 cm³/mol. The third-order valence-corrected chi connectivity index (χ3v) is 7.11. The largest absolute Gasteiger partial charge is 0.457 e. The number of aromatic nitrogens is 3. The number of hydrogen-bond donors (Lipinski definition) is 0. The van der Waals surface area contributed by atoms with Crippen molar-refractivity contribution in [3.63, 3.8) is 0 Å². The second-order valence-corrected chi connectivity index (χ2v) is 10.2. The Hall–Kier alpha value is -3.84. The van der Waals surface area contributed by atoms with Gasteiger partial charge < -0.3 is 9.55 Å². The first kappa shape index (κ1) is 23.6. The Kier molecular flexibility index (Phi) is 6.31. The van der Waals surface area contributed by atoms with E-state index in [4.69, 9.17) is 14.8 Å². The van der Waals surface area contributed by atoms with Crippen LogP contribution in [-0.2, 0) is 0 Å². The molecule has 5 nitrogen and oxygen atoms in total. The molecule has 6 rings (SSSR count). The first-order valence-electron chi connectivity index (χ1n) is 12.6. The van der Waals surface area contributed by atoms with E-state index in [-0.39, 0.29) is 6.98 Å². The molecule has 0 atom stereocenters. The van der Waals surface area contributed by atoms with Crippen LogP contribution in [-0.4, -0.2) is 21.7 Å².